The summed E-state index contributed by atoms with van der Waals surface area (Å²) in [6.07, 6.45) is 0.168. The van der Waals surface area contributed by atoms with E-state index in [2.05, 4.69) is 62.8 Å². The average Bonchev–Trinajstić information content (AvgIpc) is 3.82. The molecule has 2 heterocycles. The number of carbonyl (C=O) groups is 11. The lowest BCUT2D eigenvalue weighted by molar-refractivity contribution is -0.138. The van der Waals surface area contributed by atoms with Crippen LogP contribution in [0.15, 0.2) is 40.4 Å². The molecule has 3 rings (SSSR count). The number of carboxylic acid groups (broad SMARTS) is 1. The molecule has 436 valence electrons. The number of amides is 10. The molecule has 1 aromatic heterocycles. The Morgan fingerprint density at radius 2 is 1.04 bits per heavy atom. The number of para-hydroxylation sites is 1. The van der Waals surface area contributed by atoms with Crippen molar-refractivity contribution in [2.75, 3.05) is 19.6 Å². The van der Waals surface area contributed by atoms with E-state index in [-0.39, 0.29) is 63.5 Å². The number of rotatable bonds is 20. The molecule has 79 heavy (non-hydrogen) atoms. The summed E-state index contributed by atoms with van der Waals surface area (Å²) in [4.78, 5) is 162. The maximum absolute atomic E-state index is 14.6. The number of nitrogens with one attached hydrogen (secondary N) is 10. The lowest BCUT2D eigenvalue weighted by Gasteiger charge is -2.31. The van der Waals surface area contributed by atoms with Crippen molar-refractivity contribution in [2.24, 2.45) is 50.5 Å². The fourth-order valence-corrected chi connectivity index (χ4v) is 8.29. The molecule has 1 aliphatic heterocycles. The topological polar surface area (TPSA) is 487 Å². The number of carbonyl (C=O) groups excluding carboxylic acids is 10. The highest BCUT2D eigenvalue weighted by Gasteiger charge is 2.37. The predicted molar refractivity (Wildman–Crippen MR) is 290 cm³/mol. The molecular weight excluding hydrogens is 1030 g/mol. The van der Waals surface area contributed by atoms with Gasteiger partial charge in [0.15, 0.2) is 11.9 Å². The molecule has 1 saturated heterocycles. The van der Waals surface area contributed by atoms with Crippen LogP contribution >= 0.6 is 0 Å². The first kappa shape index (κ1) is 64.8. The highest BCUT2D eigenvalue weighted by atomic mass is 16.4. The Morgan fingerprint density at radius 3 is 1.59 bits per heavy atom. The van der Waals surface area contributed by atoms with Crippen molar-refractivity contribution in [1.29, 1.82) is 0 Å². The third kappa shape index (κ3) is 21.8. The van der Waals surface area contributed by atoms with Gasteiger partial charge in [0.05, 0.1) is 6.54 Å². The first-order valence-corrected chi connectivity index (χ1v) is 26.2. The van der Waals surface area contributed by atoms with Crippen molar-refractivity contribution in [2.45, 2.75) is 154 Å². The summed E-state index contributed by atoms with van der Waals surface area (Å²) in [5.41, 5.74) is 28.7. The predicted octanol–water partition coefficient (Wildman–Crippen LogP) is -3.93. The highest BCUT2D eigenvalue weighted by Crippen LogP contribution is 2.20. The van der Waals surface area contributed by atoms with Gasteiger partial charge in [-0.3, -0.25) is 62.7 Å². The molecule has 1 aromatic carbocycles. The Bertz CT molecular complexity index is 2550. The van der Waals surface area contributed by atoms with E-state index in [0.717, 1.165) is 0 Å². The fourth-order valence-electron chi connectivity index (χ4n) is 8.29. The van der Waals surface area contributed by atoms with E-state index in [1.165, 1.54) is 6.92 Å². The summed E-state index contributed by atoms with van der Waals surface area (Å²) < 4.78 is 0. The van der Waals surface area contributed by atoms with Gasteiger partial charge in [0, 0.05) is 49.5 Å². The smallest absolute Gasteiger partial charge is 0.303 e. The van der Waals surface area contributed by atoms with Gasteiger partial charge in [0.1, 0.15) is 48.3 Å². The molecule has 29 heteroatoms. The molecule has 29 nitrogen and oxygen atoms in total. The molecule has 0 spiro atoms. The molecule has 0 aliphatic carbocycles. The number of aromatic nitrogens is 1. The second-order valence-corrected chi connectivity index (χ2v) is 19.5. The SMILES string of the molecule is CC[C@H](C)[C@@H]1NC(=O)[C@H](CCC(N)=O)NC(=O)[C@H](C)NC(=O)[C@H](CCCN=C(N)N)NC(=O)[C@H](CCC(=O)O)NC(=O)CNC(=O)[C@H](CCCN=C(N)N)NC(=O)[C@H](Cc2c[nH]c3ccccc23)NC(=O)[C@H]([C@@H](C)CC)NC1=O. The van der Waals surface area contributed by atoms with E-state index >= 15 is 0 Å². The van der Waals surface area contributed by atoms with Gasteiger partial charge in [0.25, 0.3) is 0 Å². The number of hydrogen-bond donors (Lipinski definition) is 16. The molecule has 21 N–H and O–H groups in total. The molecule has 0 saturated carbocycles. The zero-order valence-corrected chi connectivity index (χ0v) is 45.3. The molecule has 0 unspecified atom stereocenters. The van der Waals surface area contributed by atoms with Crippen LogP contribution in [-0.2, 0) is 59.2 Å². The van der Waals surface area contributed by atoms with Crippen LogP contribution in [0, 0.1) is 11.8 Å². The summed E-state index contributed by atoms with van der Waals surface area (Å²) in [7, 11) is 0. The van der Waals surface area contributed by atoms with Crippen molar-refractivity contribution in [1.82, 2.24) is 52.8 Å². The second-order valence-electron chi connectivity index (χ2n) is 19.5. The minimum absolute atomic E-state index is 0.0137. The normalized spacial score (nSPS) is 23.5. The van der Waals surface area contributed by atoms with Crippen LogP contribution in [0.5, 0.6) is 0 Å². The summed E-state index contributed by atoms with van der Waals surface area (Å²) >= 11 is 0. The number of primary amides is 1. The van der Waals surface area contributed by atoms with Gasteiger partial charge >= 0.3 is 5.97 Å². The molecule has 0 radical (unpaired) electrons. The average molecular weight is 1110 g/mol. The van der Waals surface area contributed by atoms with Crippen LogP contribution < -0.4 is 76.5 Å². The van der Waals surface area contributed by atoms with Crippen LogP contribution in [0.25, 0.3) is 10.9 Å². The number of fused-ring (bicyclic) bond motifs is 1. The van der Waals surface area contributed by atoms with Crippen LogP contribution in [0.3, 0.4) is 0 Å². The minimum Gasteiger partial charge on any atom is -0.481 e. The number of guanidine groups is 2. The standard InChI is InChI=1S/C50H79N17O12/c1-6-25(3)39-47(78)65-35(22-28-23-58-30-13-9-8-12-29(28)30)46(77)63-31(14-10-20-56-49(52)53)42(73)59-24-37(69)61-33(17-19-38(70)71)44(75)64-32(15-11-21-57-50(54)55)43(74)60-27(5)41(72)62-34(16-18-36(51)68)45(76)66-40(26(4)7-2)48(79)67-39/h8-9,12-13,23,25-27,31-35,39-40,58H,6-7,10-11,14-22,24H2,1-5H3,(H2,51,68)(H,59,73)(H,60,74)(H,61,69)(H,62,72)(H,63,77)(H,64,75)(H,65,78)(H,66,76)(H,67,79)(H,70,71)(H4,52,53,56)(H4,54,55,57)/t25-,26-,27-,31-,32-,33-,34-,35-,39-,40-/m0/s1. The first-order valence-electron chi connectivity index (χ1n) is 26.2. The number of aliphatic carboxylic acids is 1. The van der Waals surface area contributed by atoms with E-state index < -0.39 is 151 Å². The van der Waals surface area contributed by atoms with E-state index in [0.29, 0.717) is 29.3 Å². The number of H-pyrrole nitrogens is 1. The lowest BCUT2D eigenvalue weighted by atomic mass is 9.94. The Morgan fingerprint density at radius 1 is 0.582 bits per heavy atom. The fraction of sp³-hybridized carbons (Fsp3) is 0.580. The van der Waals surface area contributed by atoms with Crippen LogP contribution in [-0.4, -0.2) is 155 Å². The molecule has 10 amide bonds. The van der Waals surface area contributed by atoms with E-state index in [1.54, 1.807) is 58.2 Å². The molecular formula is C50H79N17O12. The minimum atomic E-state index is -1.62. The number of nitrogens with zero attached hydrogens (tertiary/aromatic N) is 2. The van der Waals surface area contributed by atoms with Crippen LogP contribution in [0.2, 0.25) is 0 Å². The number of aliphatic imine (C=N–C) groups is 2. The summed E-state index contributed by atoms with van der Waals surface area (Å²) in [5.74, 6) is -12.1. The van der Waals surface area contributed by atoms with Gasteiger partial charge in [-0.1, -0.05) is 58.7 Å². The molecule has 2 aromatic rings. The van der Waals surface area contributed by atoms with Crippen molar-refractivity contribution >= 4 is 87.9 Å². The molecule has 0 bridgehead atoms. The number of aromatic amines is 1. The molecule has 1 aliphatic rings. The third-order valence-corrected chi connectivity index (χ3v) is 13.3. The summed E-state index contributed by atoms with van der Waals surface area (Å²) in [5, 5.41) is 33.4. The van der Waals surface area contributed by atoms with E-state index in [1.807, 2.05) is 0 Å². The second kappa shape index (κ2) is 32.3. The Hall–Kier alpha value is -8.53. The van der Waals surface area contributed by atoms with Crippen molar-refractivity contribution < 1.29 is 57.8 Å². The number of nitrogens with two attached hydrogens (primary N) is 5. The number of benzene rings is 1. The largest absolute Gasteiger partial charge is 0.481 e. The van der Waals surface area contributed by atoms with Crippen LogP contribution in [0.1, 0.15) is 104 Å². The Balaban J connectivity index is 2.22. The number of hydrogen-bond acceptors (Lipinski definition) is 13. The Kier molecular flexibility index (Phi) is 26.4. The van der Waals surface area contributed by atoms with Gasteiger partial charge in [-0.2, -0.15) is 0 Å². The maximum Gasteiger partial charge on any atom is 0.303 e. The third-order valence-electron chi connectivity index (χ3n) is 13.3. The van der Waals surface area contributed by atoms with Crippen molar-refractivity contribution in [3.05, 3.63) is 36.0 Å². The van der Waals surface area contributed by atoms with Gasteiger partial charge in [0.2, 0.25) is 59.1 Å². The monoisotopic (exact) mass is 1110 g/mol. The molecule has 10 atom stereocenters. The molecule has 1 fully saturated rings. The highest BCUT2D eigenvalue weighted by molar-refractivity contribution is 5.99. The van der Waals surface area contributed by atoms with Gasteiger partial charge < -0.3 is 86.6 Å². The van der Waals surface area contributed by atoms with Gasteiger partial charge in [-0.05, 0) is 68.9 Å². The quantitative estimate of drug-likeness (QED) is 0.0342. The lowest BCUT2D eigenvalue weighted by Crippen LogP contribution is -2.62. The van der Waals surface area contributed by atoms with E-state index in [9.17, 15) is 57.8 Å². The van der Waals surface area contributed by atoms with Crippen molar-refractivity contribution in [3.63, 3.8) is 0 Å². The summed E-state index contributed by atoms with van der Waals surface area (Å²) in [6, 6.07) is -4.40. The van der Waals surface area contributed by atoms with Crippen LogP contribution in [0.4, 0.5) is 0 Å². The number of carboxylic acids is 1. The zero-order chi connectivity index (χ0) is 58.9. The summed E-state index contributed by atoms with van der Waals surface area (Å²) in [6.45, 7) is 7.31. The van der Waals surface area contributed by atoms with E-state index in [4.69, 9.17) is 28.7 Å². The maximum atomic E-state index is 14.6. The Labute approximate surface area is 457 Å². The zero-order valence-electron chi connectivity index (χ0n) is 45.3. The van der Waals surface area contributed by atoms with Crippen molar-refractivity contribution in [3.8, 4) is 0 Å². The first-order chi connectivity index (χ1) is 37.3. The van der Waals surface area contributed by atoms with Gasteiger partial charge in [-0.15, -0.1) is 0 Å². The van der Waals surface area contributed by atoms with Gasteiger partial charge in [-0.25, -0.2) is 0 Å².